The number of non-ortho nitro benzene ring substituents is 2. The molecule has 28 heavy (non-hydrogen) atoms. The molecule has 0 aromatic heterocycles. The van der Waals surface area contributed by atoms with Crippen LogP contribution in [-0.4, -0.2) is 20.3 Å². The van der Waals surface area contributed by atoms with Crippen LogP contribution in [-0.2, 0) is 9.59 Å². The minimum atomic E-state index is -0.580. The summed E-state index contributed by atoms with van der Waals surface area (Å²) < 4.78 is 0. The van der Waals surface area contributed by atoms with Crippen molar-refractivity contribution in [1.82, 2.24) is 0 Å². The minimum Gasteiger partial charge on any atom is -0.276 e. The Morgan fingerprint density at radius 1 is 0.679 bits per heavy atom. The van der Waals surface area contributed by atoms with E-state index in [1.165, 1.54) is 72.8 Å². The number of carbonyl (C=O) groups excluding carboxylic acids is 2. The van der Waals surface area contributed by atoms with Gasteiger partial charge in [-0.1, -0.05) is 12.2 Å². The number of hydrogen-bond donors (Lipinski definition) is 0. The molecule has 0 amide bonds. The number of nitro benzene ring substituents is 2. The molecule has 2 aromatic rings. The van der Waals surface area contributed by atoms with Crippen molar-refractivity contribution in [1.29, 1.82) is 0 Å². The van der Waals surface area contributed by atoms with Gasteiger partial charge in [-0.3, -0.25) is 29.8 Å². The number of rotatable bonds is 6. The number of hydrogen-bond acceptors (Lipinski definition) is 6. The Kier molecular flexibility index (Phi) is 9.21. The van der Waals surface area contributed by atoms with E-state index in [0.29, 0.717) is 11.1 Å². The molecule has 0 saturated carbocycles. The van der Waals surface area contributed by atoms with Crippen molar-refractivity contribution in [3.63, 3.8) is 0 Å². The standard InChI is InChI=1S/2C9H6ClNO3/c2*10-9(12)6-3-7-1-4-8(5-2-7)11(13)14/h2*1-6H. The molecule has 0 aliphatic rings. The van der Waals surface area contributed by atoms with Crippen LogP contribution in [0.25, 0.3) is 12.2 Å². The Hall–Kier alpha value is -3.36. The van der Waals surface area contributed by atoms with Crippen LogP contribution in [0, 0.1) is 20.2 Å². The molecular weight excluding hydrogens is 411 g/mol. The third-order valence-electron chi connectivity index (χ3n) is 3.02. The summed E-state index contributed by atoms with van der Waals surface area (Å²) in [6.07, 6.45) is 5.34. The van der Waals surface area contributed by atoms with Gasteiger partial charge in [-0.05, 0) is 70.7 Å². The normalized spacial score (nSPS) is 10.4. The average Bonchev–Trinajstić information content (AvgIpc) is 2.65. The first-order chi connectivity index (χ1) is 13.2. The summed E-state index contributed by atoms with van der Waals surface area (Å²) in [5.41, 5.74) is 1.40. The second-order valence-corrected chi connectivity index (χ2v) is 5.72. The molecular formula is C18H12Cl2N2O6. The molecule has 0 aliphatic heterocycles. The van der Waals surface area contributed by atoms with Crippen molar-refractivity contribution >= 4 is 57.2 Å². The van der Waals surface area contributed by atoms with Crippen LogP contribution in [0.5, 0.6) is 0 Å². The van der Waals surface area contributed by atoms with E-state index in [1.807, 2.05) is 0 Å². The van der Waals surface area contributed by atoms with Crippen LogP contribution in [0.2, 0.25) is 0 Å². The van der Waals surface area contributed by atoms with Gasteiger partial charge in [0, 0.05) is 24.3 Å². The maximum atomic E-state index is 10.4. The van der Waals surface area contributed by atoms with E-state index in [2.05, 4.69) is 0 Å². The second-order valence-electron chi connectivity index (χ2n) is 4.97. The van der Waals surface area contributed by atoms with Gasteiger partial charge in [-0.2, -0.15) is 0 Å². The third kappa shape index (κ3) is 8.84. The molecule has 0 bridgehead atoms. The van der Waals surface area contributed by atoms with Crippen LogP contribution in [0.15, 0.2) is 60.7 Å². The van der Waals surface area contributed by atoms with Crippen molar-refractivity contribution < 1.29 is 19.4 Å². The van der Waals surface area contributed by atoms with Gasteiger partial charge >= 0.3 is 0 Å². The Morgan fingerprint density at radius 3 is 1.18 bits per heavy atom. The van der Waals surface area contributed by atoms with Crippen LogP contribution in [0.3, 0.4) is 0 Å². The number of halogens is 2. The van der Waals surface area contributed by atoms with Crippen LogP contribution >= 0.6 is 23.2 Å². The highest BCUT2D eigenvalue weighted by atomic mass is 35.5. The van der Waals surface area contributed by atoms with E-state index in [4.69, 9.17) is 23.2 Å². The number of nitrogens with zero attached hydrogens (tertiary/aromatic N) is 2. The van der Waals surface area contributed by atoms with E-state index in [1.54, 1.807) is 0 Å². The molecule has 2 rings (SSSR count). The first-order valence-corrected chi connectivity index (χ1v) is 8.18. The molecule has 0 spiro atoms. The van der Waals surface area contributed by atoms with Crippen LogP contribution in [0.4, 0.5) is 11.4 Å². The lowest BCUT2D eigenvalue weighted by Crippen LogP contribution is -1.86. The summed E-state index contributed by atoms with van der Waals surface area (Å²) in [6, 6.07) is 11.6. The van der Waals surface area contributed by atoms with Crippen molar-refractivity contribution in [2.75, 3.05) is 0 Å². The summed E-state index contributed by atoms with van der Waals surface area (Å²) in [6.45, 7) is 0. The summed E-state index contributed by atoms with van der Waals surface area (Å²) in [5.74, 6) is 0. The zero-order valence-electron chi connectivity index (χ0n) is 14.0. The first-order valence-electron chi connectivity index (χ1n) is 7.43. The predicted molar refractivity (Wildman–Crippen MR) is 106 cm³/mol. The van der Waals surface area contributed by atoms with Gasteiger partial charge in [0.15, 0.2) is 0 Å². The van der Waals surface area contributed by atoms with Gasteiger partial charge < -0.3 is 0 Å². The fourth-order valence-corrected chi connectivity index (χ4v) is 1.86. The van der Waals surface area contributed by atoms with Crippen molar-refractivity contribution in [2.24, 2.45) is 0 Å². The molecule has 144 valence electrons. The lowest BCUT2D eigenvalue weighted by molar-refractivity contribution is -0.385. The fourth-order valence-electron chi connectivity index (χ4n) is 1.74. The molecule has 0 radical (unpaired) electrons. The largest absolute Gasteiger partial charge is 0.276 e. The highest BCUT2D eigenvalue weighted by Gasteiger charge is 2.03. The topological polar surface area (TPSA) is 120 Å². The molecule has 0 heterocycles. The van der Waals surface area contributed by atoms with Crippen LogP contribution < -0.4 is 0 Å². The smallest absolute Gasteiger partial charge is 0.269 e. The molecule has 2 aromatic carbocycles. The quantitative estimate of drug-likeness (QED) is 0.286. The molecule has 0 atom stereocenters. The van der Waals surface area contributed by atoms with E-state index >= 15 is 0 Å². The van der Waals surface area contributed by atoms with Gasteiger partial charge in [0.1, 0.15) is 0 Å². The van der Waals surface area contributed by atoms with Gasteiger partial charge in [0.25, 0.3) is 11.4 Å². The maximum absolute atomic E-state index is 10.4. The van der Waals surface area contributed by atoms with Crippen LogP contribution in [0.1, 0.15) is 11.1 Å². The predicted octanol–water partition coefficient (Wildman–Crippen LogP) is 4.75. The van der Waals surface area contributed by atoms with E-state index in [0.717, 1.165) is 0 Å². The van der Waals surface area contributed by atoms with E-state index in [-0.39, 0.29) is 11.4 Å². The Labute approximate surface area is 169 Å². The van der Waals surface area contributed by atoms with Gasteiger partial charge in [-0.25, -0.2) is 0 Å². The fraction of sp³-hybridized carbons (Fsp3) is 0. The van der Waals surface area contributed by atoms with Gasteiger partial charge in [0.05, 0.1) is 9.85 Å². The number of allylic oxidation sites excluding steroid dienone is 2. The molecule has 0 N–H and O–H groups in total. The van der Waals surface area contributed by atoms with Gasteiger partial charge in [-0.15, -0.1) is 0 Å². The summed E-state index contributed by atoms with van der Waals surface area (Å²) in [4.78, 5) is 40.3. The Bertz CT molecular complexity index is 845. The minimum absolute atomic E-state index is 0.0133. The van der Waals surface area contributed by atoms with Gasteiger partial charge in [0.2, 0.25) is 10.5 Å². The SMILES string of the molecule is O=C(Cl)C=Cc1ccc([N+](=O)[O-])cc1.O=C(Cl)C=Cc1ccc([N+](=O)[O-])cc1. The average molecular weight is 423 g/mol. The zero-order chi connectivity index (χ0) is 21.1. The van der Waals surface area contributed by atoms with Crippen molar-refractivity contribution in [3.05, 3.63) is 92.0 Å². The van der Waals surface area contributed by atoms with Crippen molar-refractivity contribution in [2.45, 2.75) is 0 Å². The summed E-state index contributed by atoms with van der Waals surface area (Å²) in [7, 11) is 0. The molecule has 10 heteroatoms. The highest BCUT2D eigenvalue weighted by Crippen LogP contribution is 2.13. The maximum Gasteiger partial charge on any atom is 0.269 e. The zero-order valence-corrected chi connectivity index (χ0v) is 15.5. The third-order valence-corrected chi connectivity index (χ3v) is 3.27. The molecule has 0 aliphatic carbocycles. The molecule has 0 unspecified atom stereocenters. The Balaban J connectivity index is 0.000000280. The number of carbonyl (C=O) groups is 2. The second kappa shape index (κ2) is 11.4. The Morgan fingerprint density at radius 2 is 0.964 bits per heavy atom. The van der Waals surface area contributed by atoms with E-state index in [9.17, 15) is 29.8 Å². The number of benzene rings is 2. The lowest BCUT2D eigenvalue weighted by atomic mass is 10.2. The highest BCUT2D eigenvalue weighted by molar-refractivity contribution is 6.67. The van der Waals surface area contributed by atoms with E-state index < -0.39 is 20.3 Å². The summed E-state index contributed by atoms with van der Waals surface area (Å²) >= 11 is 10.2. The number of nitro groups is 2. The molecule has 8 nitrogen and oxygen atoms in total. The summed E-state index contributed by atoms with van der Waals surface area (Å²) in [5, 5.41) is 19.4. The molecule has 0 fully saturated rings. The van der Waals surface area contributed by atoms with Crippen molar-refractivity contribution in [3.8, 4) is 0 Å². The molecule has 0 saturated heterocycles. The lowest BCUT2D eigenvalue weighted by Gasteiger charge is -1.92. The first kappa shape index (κ1) is 22.7. The monoisotopic (exact) mass is 422 g/mol.